The molecule has 0 atom stereocenters. The number of carbonyl (C=O) groups is 3. The van der Waals surface area contributed by atoms with Gasteiger partial charge in [-0.1, -0.05) is 11.4 Å². The Kier molecular flexibility index (Phi) is 5.05. The van der Waals surface area contributed by atoms with Gasteiger partial charge in [0.15, 0.2) is 17.3 Å². The maximum absolute atomic E-state index is 12.2. The lowest BCUT2D eigenvalue weighted by Gasteiger charge is -2.03. The van der Waals surface area contributed by atoms with E-state index in [2.05, 4.69) is 14.6 Å². The average molecular weight is 335 g/mol. The molecular weight excluding hydrogens is 318 g/mol. The molecule has 0 fully saturated rings. The fourth-order valence-corrected chi connectivity index (χ4v) is 3.07. The Balaban J connectivity index is 2.10. The number of hydrogen-bond acceptors (Lipinski definition) is 7. The minimum Gasteiger partial charge on any atom is -0.453 e. The number of nitrogens with one attached hydrogen (secondary N) is 1. The van der Waals surface area contributed by atoms with Gasteiger partial charge in [0, 0.05) is 11.3 Å². The Labute approximate surface area is 137 Å². The van der Waals surface area contributed by atoms with Crippen molar-refractivity contribution in [3.8, 4) is 0 Å². The zero-order valence-corrected chi connectivity index (χ0v) is 14.2. The monoisotopic (exact) mass is 335 g/mol. The van der Waals surface area contributed by atoms with Gasteiger partial charge in [-0.15, -0.1) is 5.10 Å². The van der Waals surface area contributed by atoms with Crippen molar-refractivity contribution in [2.24, 2.45) is 0 Å². The molecule has 2 aromatic rings. The molecule has 23 heavy (non-hydrogen) atoms. The van der Waals surface area contributed by atoms with E-state index in [1.165, 1.54) is 6.92 Å². The molecule has 0 saturated carbocycles. The number of ether oxygens (including phenoxy) is 1. The molecule has 1 N–H and O–H groups in total. The fourth-order valence-electron chi connectivity index (χ4n) is 2.42. The van der Waals surface area contributed by atoms with Crippen LogP contribution in [0.3, 0.4) is 0 Å². The molecule has 2 heterocycles. The molecule has 0 aliphatic carbocycles. The highest BCUT2D eigenvalue weighted by Crippen LogP contribution is 2.19. The second-order valence-electron chi connectivity index (χ2n) is 5.08. The molecule has 0 aliphatic heterocycles. The predicted octanol–water partition coefficient (Wildman–Crippen LogP) is 2.29. The van der Waals surface area contributed by atoms with Crippen LogP contribution in [-0.2, 0) is 11.2 Å². The van der Waals surface area contributed by atoms with Crippen LogP contribution in [0.1, 0.15) is 61.3 Å². The SMILES string of the molecule is CCc1nnsc1C(=O)OCC(=O)c1[nH]c(C)c(C(C)=O)c1C. The van der Waals surface area contributed by atoms with Gasteiger partial charge in [0.25, 0.3) is 0 Å². The van der Waals surface area contributed by atoms with Gasteiger partial charge in [-0.2, -0.15) is 0 Å². The van der Waals surface area contributed by atoms with E-state index in [-0.39, 0.29) is 11.6 Å². The second-order valence-corrected chi connectivity index (χ2v) is 5.84. The van der Waals surface area contributed by atoms with Crippen molar-refractivity contribution in [2.75, 3.05) is 6.61 Å². The van der Waals surface area contributed by atoms with Crippen molar-refractivity contribution in [1.82, 2.24) is 14.6 Å². The third-order valence-corrected chi connectivity index (χ3v) is 4.23. The minimum absolute atomic E-state index is 0.115. The Morgan fingerprint density at radius 1 is 1.26 bits per heavy atom. The van der Waals surface area contributed by atoms with Crippen molar-refractivity contribution in [3.63, 3.8) is 0 Å². The number of Topliss-reactive ketones (excluding diaryl/α,β-unsaturated/α-hetero) is 2. The van der Waals surface area contributed by atoms with Crippen molar-refractivity contribution < 1.29 is 19.1 Å². The first-order valence-electron chi connectivity index (χ1n) is 7.08. The Bertz CT molecular complexity index is 776. The van der Waals surface area contributed by atoms with Gasteiger partial charge in [0.1, 0.15) is 0 Å². The summed E-state index contributed by atoms with van der Waals surface area (Å²) in [4.78, 5) is 39.0. The van der Waals surface area contributed by atoms with Crippen LogP contribution < -0.4 is 0 Å². The van der Waals surface area contributed by atoms with Crippen LogP contribution in [0.4, 0.5) is 0 Å². The number of nitrogens with zero attached hydrogens (tertiary/aromatic N) is 2. The number of aromatic amines is 1. The third-order valence-electron chi connectivity index (χ3n) is 3.48. The molecule has 0 aromatic carbocycles. The first kappa shape index (κ1) is 17.0. The summed E-state index contributed by atoms with van der Waals surface area (Å²) in [6.07, 6.45) is 0.561. The van der Waals surface area contributed by atoms with Gasteiger partial charge >= 0.3 is 5.97 Å². The highest BCUT2D eigenvalue weighted by molar-refractivity contribution is 7.07. The van der Waals surface area contributed by atoms with E-state index in [0.29, 0.717) is 39.5 Å². The second kappa shape index (κ2) is 6.82. The maximum Gasteiger partial charge on any atom is 0.352 e. The van der Waals surface area contributed by atoms with E-state index >= 15 is 0 Å². The zero-order chi connectivity index (χ0) is 17.1. The van der Waals surface area contributed by atoms with Crippen LogP contribution in [-0.4, -0.2) is 38.7 Å². The Morgan fingerprint density at radius 2 is 1.96 bits per heavy atom. The average Bonchev–Trinajstić information content (AvgIpc) is 3.08. The third kappa shape index (κ3) is 3.37. The van der Waals surface area contributed by atoms with Gasteiger partial charge in [0.2, 0.25) is 5.78 Å². The van der Waals surface area contributed by atoms with E-state index in [1.54, 1.807) is 13.8 Å². The number of esters is 1. The zero-order valence-electron chi connectivity index (χ0n) is 13.3. The molecule has 0 bridgehead atoms. The lowest BCUT2D eigenvalue weighted by molar-refractivity contribution is 0.0477. The van der Waals surface area contributed by atoms with Crippen molar-refractivity contribution in [2.45, 2.75) is 34.1 Å². The standard InChI is InChI=1S/C15H17N3O4S/c1-5-10-14(23-18-17-10)15(21)22-6-11(20)13-7(2)12(9(4)19)8(3)16-13/h16H,5-6H2,1-4H3. The Hall–Kier alpha value is -2.35. The van der Waals surface area contributed by atoms with Gasteiger partial charge in [-0.05, 0) is 44.3 Å². The van der Waals surface area contributed by atoms with Gasteiger partial charge in [-0.25, -0.2) is 4.79 Å². The first-order valence-corrected chi connectivity index (χ1v) is 7.85. The number of aryl methyl sites for hydroxylation is 2. The summed E-state index contributed by atoms with van der Waals surface area (Å²) in [6.45, 7) is 6.31. The number of H-pyrrole nitrogens is 1. The van der Waals surface area contributed by atoms with Gasteiger partial charge in [-0.3, -0.25) is 9.59 Å². The van der Waals surface area contributed by atoms with Crippen LogP contribution in [0.25, 0.3) is 0 Å². The lowest BCUT2D eigenvalue weighted by atomic mass is 10.1. The fraction of sp³-hybridized carbons (Fsp3) is 0.400. The lowest BCUT2D eigenvalue weighted by Crippen LogP contribution is -2.15. The van der Waals surface area contributed by atoms with Crippen LogP contribution >= 0.6 is 11.5 Å². The number of hydrogen-bond donors (Lipinski definition) is 1. The molecule has 2 rings (SSSR count). The number of aromatic nitrogens is 3. The van der Waals surface area contributed by atoms with Crippen LogP contribution in [0.15, 0.2) is 0 Å². The largest absolute Gasteiger partial charge is 0.453 e. The molecule has 0 amide bonds. The van der Waals surface area contributed by atoms with E-state index in [0.717, 1.165) is 11.5 Å². The molecule has 122 valence electrons. The van der Waals surface area contributed by atoms with Crippen molar-refractivity contribution >= 4 is 29.1 Å². The van der Waals surface area contributed by atoms with Crippen LogP contribution in [0.2, 0.25) is 0 Å². The van der Waals surface area contributed by atoms with Crippen molar-refractivity contribution in [1.29, 1.82) is 0 Å². The number of ketones is 2. The summed E-state index contributed by atoms with van der Waals surface area (Å²) in [5, 5.41) is 3.83. The molecule has 0 unspecified atom stereocenters. The summed E-state index contributed by atoms with van der Waals surface area (Å²) >= 11 is 0.944. The normalized spacial score (nSPS) is 10.6. The molecule has 0 radical (unpaired) electrons. The summed E-state index contributed by atoms with van der Waals surface area (Å²) < 4.78 is 8.76. The quantitative estimate of drug-likeness (QED) is 0.642. The van der Waals surface area contributed by atoms with E-state index in [1.807, 2.05) is 6.92 Å². The molecule has 0 saturated heterocycles. The summed E-state index contributed by atoms with van der Waals surface area (Å²) in [7, 11) is 0. The van der Waals surface area contributed by atoms with Gasteiger partial charge < -0.3 is 9.72 Å². The number of carbonyl (C=O) groups excluding carboxylic acids is 3. The molecule has 0 spiro atoms. The summed E-state index contributed by atoms with van der Waals surface area (Å²) in [5.74, 6) is -1.12. The number of rotatable bonds is 6. The highest BCUT2D eigenvalue weighted by atomic mass is 32.1. The molecule has 0 aliphatic rings. The maximum atomic E-state index is 12.2. The Morgan fingerprint density at radius 3 is 2.52 bits per heavy atom. The van der Waals surface area contributed by atoms with E-state index in [4.69, 9.17) is 4.74 Å². The summed E-state index contributed by atoms with van der Waals surface area (Å²) in [5.41, 5.74) is 2.55. The van der Waals surface area contributed by atoms with Gasteiger partial charge in [0.05, 0.1) is 11.4 Å². The van der Waals surface area contributed by atoms with E-state index < -0.39 is 12.6 Å². The highest BCUT2D eigenvalue weighted by Gasteiger charge is 2.22. The molecule has 8 heteroatoms. The topological polar surface area (TPSA) is 102 Å². The minimum atomic E-state index is -0.613. The first-order chi connectivity index (χ1) is 10.9. The van der Waals surface area contributed by atoms with E-state index in [9.17, 15) is 14.4 Å². The molecular formula is C15H17N3O4S. The molecule has 2 aromatic heterocycles. The predicted molar refractivity (Wildman–Crippen MR) is 84.2 cm³/mol. The van der Waals surface area contributed by atoms with Crippen LogP contribution in [0.5, 0.6) is 0 Å². The van der Waals surface area contributed by atoms with Crippen LogP contribution in [0, 0.1) is 13.8 Å². The smallest absolute Gasteiger partial charge is 0.352 e. The summed E-state index contributed by atoms with van der Waals surface area (Å²) in [6, 6.07) is 0. The molecule has 7 nitrogen and oxygen atoms in total. The van der Waals surface area contributed by atoms with Crippen molar-refractivity contribution in [3.05, 3.63) is 33.1 Å².